The standard InChI is InChI=1S/C15H19BrN2O4/c1-15(2,11-5-7-17-8-6-11)22-14(19)10-3-4-13(18(20)21)12(16)9-10/h3-4,9,11,17H,5-8H2,1-2H3. The van der Waals surface area contributed by atoms with Crippen LogP contribution in [-0.2, 0) is 4.74 Å². The number of esters is 1. The Kier molecular flexibility index (Phi) is 5.18. The van der Waals surface area contributed by atoms with Crippen LogP contribution in [-0.4, -0.2) is 29.6 Å². The SMILES string of the molecule is CC(C)(OC(=O)c1ccc([N+](=O)[O-])c(Br)c1)C1CCNCC1. The van der Waals surface area contributed by atoms with Gasteiger partial charge in [0.2, 0.25) is 0 Å². The highest BCUT2D eigenvalue weighted by atomic mass is 79.9. The first-order valence-electron chi connectivity index (χ1n) is 7.19. The first kappa shape index (κ1) is 16.9. The minimum absolute atomic E-state index is 0.0748. The molecule has 0 atom stereocenters. The third-order valence-corrected chi connectivity index (χ3v) is 4.69. The van der Waals surface area contributed by atoms with Crippen LogP contribution in [0.25, 0.3) is 0 Å². The van der Waals surface area contributed by atoms with Gasteiger partial charge in [-0.1, -0.05) is 0 Å². The van der Waals surface area contributed by atoms with E-state index in [1.165, 1.54) is 18.2 Å². The van der Waals surface area contributed by atoms with Gasteiger partial charge in [0.1, 0.15) is 5.60 Å². The third kappa shape index (κ3) is 3.84. The van der Waals surface area contributed by atoms with Crippen molar-refractivity contribution in [2.24, 2.45) is 5.92 Å². The number of hydrogen-bond acceptors (Lipinski definition) is 5. The Morgan fingerprint density at radius 2 is 2.05 bits per heavy atom. The Hall–Kier alpha value is -1.47. The van der Waals surface area contributed by atoms with Crippen molar-refractivity contribution in [3.05, 3.63) is 38.3 Å². The number of piperidine rings is 1. The van der Waals surface area contributed by atoms with Gasteiger partial charge in [-0.25, -0.2) is 4.79 Å². The molecule has 6 nitrogen and oxygen atoms in total. The molecule has 0 radical (unpaired) electrons. The topological polar surface area (TPSA) is 81.5 Å². The molecule has 1 aromatic carbocycles. The molecule has 7 heteroatoms. The van der Waals surface area contributed by atoms with Crippen LogP contribution in [0.3, 0.4) is 0 Å². The number of nitro benzene ring substituents is 1. The summed E-state index contributed by atoms with van der Waals surface area (Å²) in [4.78, 5) is 22.6. The van der Waals surface area contributed by atoms with Crippen molar-refractivity contribution < 1.29 is 14.5 Å². The first-order valence-corrected chi connectivity index (χ1v) is 7.98. The molecule has 1 fully saturated rings. The average Bonchev–Trinajstić information content (AvgIpc) is 2.47. The maximum absolute atomic E-state index is 12.3. The third-order valence-electron chi connectivity index (χ3n) is 4.06. The van der Waals surface area contributed by atoms with Crippen molar-refractivity contribution >= 4 is 27.6 Å². The zero-order valence-corrected chi connectivity index (χ0v) is 14.2. The monoisotopic (exact) mass is 370 g/mol. The Bertz CT molecular complexity index is 583. The maximum Gasteiger partial charge on any atom is 0.338 e. The van der Waals surface area contributed by atoms with Crippen LogP contribution in [0.1, 0.15) is 37.0 Å². The second kappa shape index (κ2) is 6.75. The molecule has 120 valence electrons. The molecule has 0 aromatic heterocycles. The predicted octanol–water partition coefficient (Wildman–Crippen LogP) is 3.29. The van der Waals surface area contributed by atoms with Crippen molar-refractivity contribution in [3.63, 3.8) is 0 Å². The number of carbonyl (C=O) groups is 1. The molecule has 0 bridgehead atoms. The highest BCUT2D eigenvalue weighted by Crippen LogP contribution is 2.31. The van der Waals surface area contributed by atoms with Crippen LogP contribution in [0, 0.1) is 16.0 Å². The molecule has 2 rings (SSSR count). The van der Waals surface area contributed by atoms with Gasteiger partial charge >= 0.3 is 5.97 Å². The summed E-state index contributed by atoms with van der Waals surface area (Å²) in [6.07, 6.45) is 1.93. The lowest BCUT2D eigenvalue weighted by Crippen LogP contribution is -2.42. The van der Waals surface area contributed by atoms with E-state index in [1.54, 1.807) is 0 Å². The lowest BCUT2D eigenvalue weighted by Gasteiger charge is -2.36. The van der Waals surface area contributed by atoms with Gasteiger partial charge in [-0.05, 0) is 67.8 Å². The lowest BCUT2D eigenvalue weighted by molar-refractivity contribution is -0.385. The number of nitro groups is 1. The molecule has 0 aliphatic carbocycles. The molecule has 0 unspecified atom stereocenters. The van der Waals surface area contributed by atoms with Gasteiger partial charge in [0.05, 0.1) is 15.0 Å². The zero-order chi connectivity index (χ0) is 16.3. The normalized spacial score (nSPS) is 16.3. The van der Waals surface area contributed by atoms with Gasteiger partial charge in [0.25, 0.3) is 5.69 Å². The lowest BCUT2D eigenvalue weighted by atomic mass is 9.83. The van der Waals surface area contributed by atoms with Crippen LogP contribution in [0.5, 0.6) is 0 Å². The minimum Gasteiger partial charge on any atom is -0.456 e. The number of ether oxygens (including phenoxy) is 1. The van der Waals surface area contributed by atoms with E-state index < -0.39 is 16.5 Å². The summed E-state index contributed by atoms with van der Waals surface area (Å²) in [5.41, 5.74) is -0.332. The maximum atomic E-state index is 12.3. The van der Waals surface area contributed by atoms with Gasteiger partial charge in [0.15, 0.2) is 0 Å². The van der Waals surface area contributed by atoms with E-state index >= 15 is 0 Å². The Balaban J connectivity index is 2.11. The summed E-state index contributed by atoms with van der Waals surface area (Å²) in [5.74, 6) is -0.154. The summed E-state index contributed by atoms with van der Waals surface area (Å²) >= 11 is 3.11. The van der Waals surface area contributed by atoms with E-state index in [4.69, 9.17) is 4.74 Å². The van der Waals surface area contributed by atoms with E-state index in [0.29, 0.717) is 11.5 Å². The average molecular weight is 371 g/mol. The van der Waals surface area contributed by atoms with Gasteiger partial charge in [0, 0.05) is 12.0 Å². The largest absolute Gasteiger partial charge is 0.456 e. The molecule has 1 saturated heterocycles. The highest BCUT2D eigenvalue weighted by Gasteiger charge is 2.34. The van der Waals surface area contributed by atoms with Crippen molar-refractivity contribution in [2.75, 3.05) is 13.1 Å². The van der Waals surface area contributed by atoms with E-state index in [0.717, 1.165) is 25.9 Å². The molecule has 0 spiro atoms. The zero-order valence-electron chi connectivity index (χ0n) is 12.6. The molecule has 0 amide bonds. The van der Waals surface area contributed by atoms with E-state index in [2.05, 4.69) is 21.2 Å². The molecular formula is C15H19BrN2O4. The molecule has 1 aliphatic heterocycles. The molecule has 0 saturated carbocycles. The number of benzene rings is 1. The van der Waals surface area contributed by atoms with Gasteiger partial charge in [-0.3, -0.25) is 10.1 Å². The summed E-state index contributed by atoms with van der Waals surface area (Å²) in [6.45, 7) is 5.69. The van der Waals surface area contributed by atoms with Crippen LogP contribution < -0.4 is 5.32 Å². The smallest absolute Gasteiger partial charge is 0.338 e. The number of carbonyl (C=O) groups excluding carboxylic acids is 1. The second-order valence-electron chi connectivity index (χ2n) is 5.94. The Morgan fingerprint density at radius 3 is 2.59 bits per heavy atom. The van der Waals surface area contributed by atoms with E-state index in [1.807, 2.05) is 13.8 Å². The molecule has 22 heavy (non-hydrogen) atoms. The molecule has 1 aliphatic rings. The molecule has 1 heterocycles. The van der Waals surface area contributed by atoms with Crippen molar-refractivity contribution in [1.82, 2.24) is 5.32 Å². The fourth-order valence-corrected chi connectivity index (χ4v) is 3.20. The summed E-state index contributed by atoms with van der Waals surface area (Å²) in [5, 5.41) is 14.1. The summed E-state index contributed by atoms with van der Waals surface area (Å²) in [7, 11) is 0. The van der Waals surface area contributed by atoms with Crippen LogP contribution in [0.15, 0.2) is 22.7 Å². The summed E-state index contributed by atoms with van der Waals surface area (Å²) < 4.78 is 5.93. The highest BCUT2D eigenvalue weighted by molar-refractivity contribution is 9.10. The summed E-state index contributed by atoms with van der Waals surface area (Å²) in [6, 6.07) is 4.15. The van der Waals surface area contributed by atoms with E-state index in [-0.39, 0.29) is 10.2 Å². The number of nitrogens with one attached hydrogen (secondary N) is 1. The quantitative estimate of drug-likeness (QED) is 0.499. The molecular weight excluding hydrogens is 352 g/mol. The van der Waals surface area contributed by atoms with Crippen LogP contribution in [0.2, 0.25) is 0 Å². The van der Waals surface area contributed by atoms with Crippen molar-refractivity contribution in [1.29, 1.82) is 0 Å². The number of halogens is 1. The van der Waals surface area contributed by atoms with E-state index in [9.17, 15) is 14.9 Å². The van der Waals surface area contributed by atoms with Crippen LogP contribution >= 0.6 is 15.9 Å². The molecule has 1 aromatic rings. The van der Waals surface area contributed by atoms with Gasteiger partial charge in [-0.15, -0.1) is 0 Å². The fraction of sp³-hybridized carbons (Fsp3) is 0.533. The van der Waals surface area contributed by atoms with Crippen LogP contribution in [0.4, 0.5) is 5.69 Å². The van der Waals surface area contributed by atoms with Crippen molar-refractivity contribution in [3.8, 4) is 0 Å². The molecule has 1 N–H and O–H groups in total. The number of hydrogen-bond donors (Lipinski definition) is 1. The Morgan fingerprint density at radius 1 is 1.41 bits per heavy atom. The minimum atomic E-state index is -0.562. The van der Waals surface area contributed by atoms with Gasteiger partial charge in [-0.2, -0.15) is 0 Å². The second-order valence-corrected chi connectivity index (χ2v) is 6.79. The number of rotatable bonds is 4. The number of nitrogens with zero attached hydrogens (tertiary/aromatic N) is 1. The Labute approximate surface area is 137 Å². The predicted molar refractivity (Wildman–Crippen MR) is 85.9 cm³/mol. The van der Waals surface area contributed by atoms with Gasteiger partial charge < -0.3 is 10.1 Å². The first-order chi connectivity index (χ1) is 10.3. The van der Waals surface area contributed by atoms with Crippen molar-refractivity contribution in [2.45, 2.75) is 32.3 Å². The fourth-order valence-electron chi connectivity index (χ4n) is 2.68.